The number of amides is 1. The van der Waals surface area contributed by atoms with E-state index in [0.29, 0.717) is 13.0 Å². The Morgan fingerprint density at radius 3 is 2.45 bits per heavy atom. The second kappa shape index (κ2) is 15.2. The number of rotatable bonds is 11. The maximum atomic E-state index is 12.4. The Bertz CT molecular complexity index is 1790. The van der Waals surface area contributed by atoms with Gasteiger partial charge in [0.2, 0.25) is 0 Å². The zero-order chi connectivity index (χ0) is 32.8. The van der Waals surface area contributed by atoms with Crippen molar-refractivity contribution in [3.63, 3.8) is 0 Å². The summed E-state index contributed by atoms with van der Waals surface area (Å²) in [4.78, 5) is 28.5. The van der Waals surface area contributed by atoms with Crippen LogP contribution in [0.25, 0.3) is 21.3 Å². The van der Waals surface area contributed by atoms with Crippen LogP contribution >= 0.6 is 23.1 Å². The molecule has 8 nitrogen and oxygen atoms in total. The first-order valence-electron chi connectivity index (χ1n) is 15.5. The molecule has 4 atom stereocenters. The van der Waals surface area contributed by atoms with E-state index in [9.17, 15) is 14.7 Å². The van der Waals surface area contributed by atoms with Crippen molar-refractivity contribution in [2.24, 2.45) is 0 Å². The van der Waals surface area contributed by atoms with Gasteiger partial charge in [-0.05, 0) is 46.9 Å². The van der Waals surface area contributed by atoms with Gasteiger partial charge in [0, 0.05) is 31.2 Å². The first-order chi connectivity index (χ1) is 22.9. The quantitative estimate of drug-likeness (QED) is 0.111. The summed E-state index contributed by atoms with van der Waals surface area (Å²) in [5.41, 5.74) is 6.72. The summed E-state index contributed by atoms with van der Waals surface area (Å²) in [6.07, 6.45) is -1.000. The molecule has 1 fully saturated rings. The van der Waals surface area contributed by atoms with Crippen LogP contribution in [0.4, 0.5) is 0 Å². The van der Waals surface area contributed by atoms with Crippen LogP contribution in [0.2, 0.25) is 0 Å². The van der Waals surface area contributed by atoms with Gasteiger partial charge in [-0.15, -0.1) is 11.3 Å². The van der Waals surface area contributed by atoms with E-state index in [1.54, 1.807) is 30.0 Å². The summed E-state index contributed by atoms with van der Waals surface area (Å²) in [5.74, 6) is -0.116. The highest BCUT2D eigenvalue weighted by Crippen LogP contribution is 2.40. The molecule has 1 aromatic heterocycles. The number of thiazole rings is 1. The maximum absolute atomic E-state index is 12.4. The number of fused-ring (bicyclic) bond motifs is 1. The van der Waals surface area contributed by atoms with Crippen LogP contribution in [0.1, 0.15) is 54.9 Å². The average molecular weight is 669 g/mol. The molecule has 0 bridgehead atoms. The molecule has 1 saturated heterocycles. The Morgan fingerprint density at radius 1 is 0.979 bits per heavy atom. The molecule has 1 amide bonds. The van der Waals surface area contributed by atoms with Crippen LogP contribution in [0, 0.1) is 0 Å². The van der Waals surface area contributed by atoms with Crippen molar-refractivity contribution in [1.29, 1.82) is 0 Å². The number of para-hydroxylation sites is 1. The number of carbonyl (C=O) groups excluding carboxylic acids is 2. The second-order valence-electron chi connectivity index (χ2n) is 11.4. The number of thioether (sulfide) groups is 1. The third kappa shape index (κ3) is 8.27. The van der Waals surface area contributed by atoms with E-state index in [2.05, 4.69) is 11.4 Å². The Morgan fingerprint density at radius 2 is 1.70 bits per heavy atom. The summed E-state index contributed by atoms with van der Waals surface area (Å²) in [7, 11) is 0. The zero-order valence-electron chi connectivity index (χ0n) is 26.1. The zero-order valence-corrected chi connectivity index (χ0v) is 27.8. The van der Waals surface area contributed by atoms with E-state index in [0.717, 1.165) is 49.0 Å². The molecule has 0 radical (unpaired) electrons. The largest absolute Gasteiger partial charge is 0.453 e. The number of aliphatic hydroxyl groups is 1. The molecule has 10 heteroatoms. The van der Waals surface area contributed by atoms with Crippen LogP contribution < -0.4 is 5.32 Å². The highest BCUT2D eigenvalue weighted by molar-refractivity contribution is 8.01. The summed E-state index contributed by atoms with van der Waals surface area (Å²) >= 11 is 3.40. The lowest BCUT2D eigenvalue weighted by Crippen LogP contribution is -2.35. The van der Waals surface area contributed by atoms with E-state index in [-0.39, 0.29) is 24.7 Å². The molecular formula is C37H36N2O6S2. The number of aromatic nitrogens is 1. The molecule has 1 aliphatic rings. The van der Waals surface area contributed by atoms with Crippen molar-refractivity contribution in [3.05, 3.63) is 119 Å². The molecule has 0 aliphatic carbocycles. The number of benzene rings is 4. The summed E-state index contributed by atoms with van der Waals surface area (Å²) < 4.78 is 20.3. The van der Waals surface area contributed by atoms with Crippen molar-refractivity contribution < 1.29 is 28.9 Å². The SMILES string of the molecule is CC(=O)O[C@@H](C)C(=O)NCc1ccccc1-c1ccc([C@H]2O[C@@H](CSc3nc4ccccc4s3)C[C@@H](c3ccc(CO)cc3)O2)cc1. The fraction of sp³-hybridized carbons (Fsp3) is 0.270. The number of esters is 1. The van der Waals surface area contributed by atoms with Gasteiger partial charge in [0.25, 0.3) is 5.91 Å². The van der Waals surface area contributed by atoms with Gasteiger partial charge in [-0.2, -0.15) is 0 Å². The second-order valence-corrected chi connectivity index (χ2v) is 13.7. The van der Waals surface area contributed by atoms with Crippen LogP contribution in [0.3, 0.4) is 0 Å². The number of aliphatic hydroxyl groups excluding tert-OH is 1. The molecule has 4 aromatic carbocycles. The molecule has 0 spiro atoms. The number of nitrogens with one attached hydrogen (secondary N) is 1. The highest BCUT2D eigenvalue weighted by Gasteiger charge is 2.32. The van der Waals surface area contributed by atoms with Gasteiger partial charge in [0.15, 0.2) is 16.7 Å². The highest BCUT2D eigenvalue weighted by atomic mass is 32.2. The summed E-state index contributed by atoms with van der Waals surface area (Å²) in [5, 5.41) is 12.4. The predicted octanol–water partition coefficient (Wildman–Crippen LogP) is 7.36. The monoisotopic (exact) mass is 668 g/mol. The lowest BCUT2D eigenvalue weighted by Gasteiger charge is -2.36. The van der Waals surface area contributed by atoms with Gasteiger partial charge >= 0.3 is 5.97 Å². The Balaban J connectivity index is 1.18. The van der Waals surface area contributed by atoms with Crippen molar-refractivity contribution in [3.8, 4) is 11.1 Å². The molecular weight excluding hydrogens is 633 g/mol. The summed E-state index contributed by atoms with van der Waals surface area (Å²) in [6.45, 7) is 3.12. The average Bonchev–Trinajstić information content (AvgIpc) is 3.53. The van der Waals surface area contributed by atoms with Gasteiger partial charge in [0.1, 0.15) is 0 Å². The first kappa shape index (κ1) is 32.9. The fourth-order valence-corrected chi connectivity index (χ4v) is 7.62. The van der Waals surface area contributed by atoms with Crippen molar-refractivity contribution >= 4 is 45.2 Å². The number of hydrogen-bond acceptors (Lipinski definition) is 9. The molecule has 6 rings (SSSR count). The molecule has 0 saturated carbocycles. The summed E-state index contributed by atoms with van der Waals surface area (Å²) in [6, 6.07) is 32.0. The molecule has 1 aliphatic heterocycles. The smallest absolute Gasteiger partial charge is 0.303 e. The molecule has 242 valence electrons. The Kier molecular flexibility index (Phi) is 10.6. The molecule has 5 aromatic rings. The lowest BCUT2D eigenvalue weighted by molar-refractivity contribution is -0.245. The molecule has 2 heterocycles. The third-order valence-corrected chi connectivity index (χ3v) is 10.3. The minimum atomic E-state index is -0.866. The van der Waals surface area contributed by atoms with Crippen LogP contribution in [-0.2, 0) is 37.0 Å². The van der Waals surface area contributed by atoms with E-state index in [4.69, 9.17) is 19.2 Å². The fourth-order valence-electron chi connectivity index (χ4n) is 5.50. The first-order valence-corrected chi connectivity index (χ1v) is 17.3. The molecule has 0 unspecified atom stereocenters. The number of hydrogen-bond donors (Lipinski definition) is 2. The standard InChI is InChI=1S/C37H36N2O6S2/c1-23(43-24(2)41)35(42)38-20-29-7-3-4-8-31(29)26-15-17-28(18-16-26)36-44-30(19-33(45-36)27-13-11-25(21-40)12-14-27)22-46-37-39-32-9-5-6-10-34(32)47-37/h3-18,23,30,33,36,40H,19-22H2,1-2H3,(H,38,42)/t23-,30+,33-,36-/m0/s1. The molecule has 47 heavy (non-hydrogen) atoms. The van der Waals surface area contributed by atoms with Gasteiger partial charge in [-0.25, -0.2) is 4.98 Å². The van der Waals surface area contributed by atoms with E-state index in [1.165, 1.54) is 11.6 Å². The van der Waals surface area contributed by atoms with Crippen molar-refractivity contribution in [1.82, 2.24) is 10.3 Å². The van der Waals surface area contributed by atoms with Gasteiger partial charge < -0.3 is 24.6 Å². The Labute approximate surface area is 282 Å². The predicted molar refractivity (Wildman–Crippen MR) is 184 cm³/mol. The normalized spacial score (nSPS) is 18.5. The van der Waals surface area contributed by atoms with Gasteiger partial charge in [0.05, 0.1) is 29.0 Å². The van der Waals surface area contributed by atoms with Gasteiger partial charge in [-0.1, -0.05) is 96.7 Å². The van der Waals surface area contributed by atoms with Crippen LogP contribution in [0.5, 0.6) is 0 Å². The topological polar surface area (TPSA) is 107 Å². The lowest BCUT2D eigenvalue weighted by atomic mass is 9.97. The maximum Gasteiger partial charge on any atom is 0.303 e. The number of ether oxygens (including phenoxy) is 3. The van der Waals surface area contributed by atoms with E-state index in [1.807, 2.05) is 91.0 Å². The molecule has 2 N–H and O–H groups in total. The van der Waals surface area contributed by atoms with E-state index < -0.39 is 18.4 Å². The van der Waals surface area contributed by atoms with Crippen molar-refractivity contribution in [2.75, 3.05) is 5.75 Å². The third-order valence-electron chi connectivity index (χ3n) is 7.96. The van der Waals surface area contributed by atoms with Crippen LogP contribution in [0.15, 0.2) is 101 Å². The van der Waals surface area contributed by atoms with Gasteiger partial charge in [-0.3, -0.25) is 9.59 Å². The number of carbonyl (C=O) groups is 2. The minimum absolute atomic E-state index is 0.00573. The Hall–Kier alpha value is -4.06. The van der Waals surface area contributed by atoms with Crippen LogP contribution in [-0.4, -0.2) is 39.9 Å². The van der Waals surface area contributed by atoms with E-state index >= 15 is 0 Å². The number of nitrogens with zero attached hydrogens (tertiary/aromatic N) is 1. The minimum Gasteiger partial charge on any atom is -0.453 e. The van der Waals surface area contributed by atoms with Crippen molar-refractivity contribution in [2.45, 2.75) is 62.4 Å².